The van der Waals surface area contributed by atoms with E-state index in [1.165, 1.54) is 12.8 Å². The highest BCUT2D eigenvalue weighted by Crippen LogP contribution is 2.37. The monoisotopic (exact) mass is 266 g/mol. The van der Waals surface area contributed by atoms with E-state index >= 15 is 0 Å². The van der Waals surface area contributed by atoms with Gasteiger partial charge in [-0.3, -0.25) is 4.79 Å². The molecule has 2 aliphatic rings. The van der Waals surface area contributed by atoms with Crippen molar-refractivity contribution in [1.29, 1.82) is 0 Å². The van der Waals surface area contributed by atoms with Crippen molar-refractivity contribution in [3.8, 4) is 0 Å². The second-order valence-corrected chi connectivity index (χ2v) is 7.47. The highest BCUT2D eigenvalue weighted by atomic mass is 16.2. The van der Waals surface area contributed by atoms with E-state index in [1.807, 2.05) is 0 Å². The molecule has 2 N–H and O–H groups in total. The van der Waals surface area contributed by atoms with Crippen LogP contribution >= 0.6 is 0 Å². The van der Waals surface area contributed by atoms with Crippen LogP contribution in [0.25, 0.3) is 0 Å². The van der Waals surface area contributed by atoms with Crippen molar-refractivity contribution in [2.24, 2.45) is 17.3 Å². The number of carbonyl (C=O) groups is 1. The predicted molar refractivity (Wildman–Crippen MR) is 78.9 cm³/mol. The molecule has 0 aromatic carbocycles. The molecule has 0 bridgehead atoms. The molecule has 0 radical (unpaired) electrons. The van der Waals surface area contributed by atoms with Gasteiger partial charge in [0.25, 0.3) is 0 Å². The van der Waals surface area contributed by atoms with Crippen LogP contribution in [0.15, 0.2) is 0 Å². The van der Waals surface area contributed by atoms with Crippen LogP contribution in [0.5, 0.6) is 0 Å². The topological polar surface area (TPSA) is 41.1 Å². The van der Waals surface area contributed by atoms with E-state index in [9.17, 15) is 4.79 Å². The zero-order valence-corrected chi connectivity index (χ0v) is 12.8. The normalized spacial score (nSPS) is 32.9. The number of nitrogens with one attached hydrogen (secondary N) is 2. The van der Waals surface area contributed by atoms with E-state index in [0.29, 0.717) is 11.5 Å². The van der Waals surface area contributed by atoms with Crippen LogP contribution in [0.1, 0.15) is 59.3 Å². The zero-order valence-electron chi connectivity index (χ0n) is 12.8. The quantitative estimate of drug-likeness (QED) is 0.807. The first-order valence-electron chi connectivity index (χ1n) is 7.98. The van der Waals surface area contributed by atoms with Gasteiger partial charge >= 0.3 is 0 Å². The molecule has 0 aromatic rings. The third-order valence-electron chi connectivity index (χ3n) is 4.97. The summed E-state index contributed by atoms with van der Waals surface area (Å²) >= 11 is 0. The predicted octanol–water partition coefficient (Wildman–Crippen LogP) is 2.71. The highest BCUT2D eigenvalue weighted by molar-refractivity contribution is 5.79. The van der Waals surface area contributed by atoms with Gasteiger partial charge in [0.2, 0.25) is 5.91 Å². The van der Waals surface area contributed by atoms with Crippen LogP contribution in [0.4, 0.5) is 0 Å². The largest absolute Gasteiger partial charge is 0.353 e. The van der Waals surface area contributed by atoms with Gasteiger partial charge in [-0.25, -0.2) is 0 Å². The zero-order chi connectivity index (χ0) is 13.9. The Labute approximate surface area is 117 Å². The van der Waals surface area contributed by atoms with Crippen molar-refractivity contribution in [2.45, 2.75) is 65.3 Å². The van der Waals surface area contributed by atoms with E-state index in [1.54, 1.807) is 0 Å². The lowest BCUT2D eigenvalue weighted by atomic mass is 9.71. The molecule has 19 heavy (non-hydrogen) atoms. The standard InChI is InChI=1S/C16H30N2O/c1-16(2,3)13-6-8-14(9-7-13)18-15(19)12-5-4-10-17-11-12/h12-14,17H,4-11H2,1-3H3,(H,18,19). The van der Waals surface area contributed by atoms with Crippen molar-refractivity contribution in [3.63, 3.8) is 0 Å². The fourth-order valence-electron chi connectivity index (χ4n) is 3.50. The summed E-state index contributed by atoms with van der Waals surface area (Å²) in [5, 5.41) is 6.60. The Hall–Kier alpha value is -0.570. The molecule has 1 unspecified atom stereocenters. The molecule has 2 fully saturated rings. The van der Waals surface area contributed by atoms with E-state index in [0.717, 1.165) is 44.7 Å². The molecule has 0 aromatic heterocycles. The maximum Gasteiger partial charge on any atom is 0.224 e. The SMILES string of the molecule is CC(C)(C)C1CCC(NC(=O)C2CCCNC2)CC1. The number of hydrogen-bond acceptors (Lipinski definition) is 2. The number of amides is 1. The molecule has 3 nitrogen and oxygen atoms in total. The lowest BCUT2D eigenvalue weighted by molar-refractivity contribution is -0.126. The first-order valence-corrected chi connectivity index (χ1v) is 7.98. The summed E-state index contributed by atoms with van der Waals surface area (Å²) in [7, 11) is 0. The fourth-order valence-corrected chi connectivity index (χ4v) is 3.50. The van der Waals surface area contributed by atoms with Gasteiger partial charge in [0, 0.05) is 12.6 Å². The second-order valence-electron chi connectivity index (χ2n) is 7.47. The van der Waals surface area contributed by atoms with Crippen molar-refractivity contribution >= 4 is 5.91 Å². The molecule has 1 aliphatic heterocycles. The van der Waals surface area contributed by atoms with E-state index in [4.69, 9.17) is 0 Å². The molecule has 0 spiro atoms. The van der Waals surface area contributed by atoms with Gasteiger partial charge in [0.05, 0.1) is 5.92 Å². The van der Waals surface area contributed by atoms with Crippen LogP contribution < -0.4 is 10.6 Å². The van der Waals surface area contributed by atoms with Gasteiger partial charge in [-0.15, -0.1) is 0 Å². The van der Waals surface area contributed by atoms with E-state index < -0.39 is 0 Å². The summed E-state index contributed by atoms with van der Waals surface area (Å²) < 4.78 is 0. The van der Waals surface area contributed by atoms with Crippen LogP contribution in [0.2, 0.25) is 0 Å². The van der Waals surface area contributed by atoms with Crippen LogP contribution in [-0.4, -0.2) is 25.0 Å². The molecule has 110 valence electrons. The third-order valence-corrected chi connectivity index (χ3v) is 4.97. The first kappa shape index (κ1) is 14.8. The van der Waals surface area contributed by atoms with E-state index in [2.05, 4.69) is 31.4 Å². The minimum Gasteiger partial charge on any atom is -0.353 e. The van der Waals surface area contributed by atoms with Crippen LogP contribution in [-0.2, 0) is 4.79 Å². The Morgan fingerprint density at radius 2 is 1.79 bits per heavy atom. The summed E-state index contributed by atoms with van der Waals surface area (Å²) in [5.74, 6) is 1.30. The fraction of sp³-hybridized carbons (Fsp3) is 0.938. The van der Waals surface area contributed by atoms with Crippen molar-refractivity contribution in [1.82, 2.24) is 10.6 Å². The van der Waals surface area contributed by atoms with Gasteiger partial charge in [-0.05, 0) is 56.4 Å². The highest BCUT2D eigenvalue weighted by Gasteiger charge is 2.31. The molecule has 1 aliphatic carbocycles. The lowest BCUT2D eigenvalue weighted by Gasteiger charge is -2.37. The molecule has 2 rings (SSSR count). The van der Waals surface area contributed by atoms with Gasteiger partial charge in [0.15, 0.2) is 0 Å². The molecule has 1 saturated carbocycles. The minimum atomic E-state index is 0.203. The average molecular weight is 266 g/mol. The number of rotatable bonds is 2. The number of piperidine rings is 1. The number of carbonyl (C=O) groups excluding carboxylic acids is 1. The van der Waals surface area contributed by atoms with Gasteiger partial charge < -0.3 is 10.6 Å². The summed E-state index contributed by atoms with van der Waals surface area (Å²) in [5.41, 5.74) is 0.419. The molecule has 3 heteroatoms. The lowest BCUT2D eigenvalue weighted by Crippen LogP contribution is -2.46. The summed E-state index contributed by atoms with van der Waals surface area (Å²) in [6.07, 6.45) is 7.03. The molecule has 1 saturated heterocycles. The Balaban J connectivity index is 1.74. The van der Waals surface area contributed by atoms with Crippen molar-refractivity contribution < 1.29 is 4.79 Å². The average Bonchev–Trinajstić information content (AvgIpc) is 2.39. The molecule has 1 amide bonds. The Bertz CT molecular complexity index is 294. The summed E-state index contributed by atoms with van der Waals surface area (Å²) in [6.45, 7) is 8.95. The molecular formula is C16H30N2O. The Kier molecular flexibility index (Phi) is 4.88. The minimum absolute atomic E-state index is 0.203. The molecule has 1 heterocycles. The maximum absolute atomic E-state index is 12.2. The number of hydrogen-bond donors (Lipinski definition) is 2. The van der Waals surface area contributed by atoms with Gasteiger partial charge in [0.1, 0.15) is 0 Å². The van der Waals surface area contributed by atoms with Gasteiger partial charge in [-0.1, -0.05) is 20.8 Å². The van der Waals surface area contributed by atoms with Crippen LogP contribution in [0, 0.1) is 17.3 Å². The Morgan fingerprint density at radius 3 is 2.32 bits per heavy atom. The summed E-state index contributed by atoms with van der Waals surface area (Å²) in [6, 6.07) is 0.424. The van der Waals surface area contributed by atoms with Crippen molar-refractivity contribution in [3.05, 3.63) is 0 Å². The Morgan fingerprint density at radius 1 is 1.11 bits per heavy atom. The van der Waals surface area contributed by atoms with E-state index in [-0.39, 0.29) is 11.8 Å². The molecule has 1 atom stereocenters. The van der Waals surface area contributed by atoms with Crippen LogP contribution in [0.3, 0.4) is 0 Å². The second kappa shape index (κ2) is 6.25. The maximum atomic E-state index is 12.2. The summed E-state index contributed by atoms with van der Waals surface area (Å²) in [4.78, 5) is 12.2. The third kappa shape index (κ3) is 4.20. The molecular weight excluding hydrogens is 236 g/mol. The smallest absolute Gasteiger partial charge is 0.224 e. The van der Waals surface area contributed by atoms with Crippen molar-refractivity contribution in [2.75, 3.05) is 13.1 Å². The van der Waals surface area contributed by atoms with Gasteiger partial charge in [-0.2, -0.15) is 0 Å². The first-order chi connectivity index (χ1) is 8.97.